The van der Waals surface area contributed by atoms with E-state index in [0.717, 1.165) is 31.4 Å². The average Bonchev–Trinajstić information content (AvgIpc) is 2.46. The smallest absolute Gasteiger partial charge is 0.220 e. The number of rotatable bonds is 6. The molecule has 2 rings (SSSR count). The summed E-state index contributed by atoms with van der Waals surface area (Å²) in [6.07, 6.45) is 3.03. The Labute approximate surface area is 166 Å². The van der Waals surface area contributed by atoms with E-state index in [1.165, 1.54) is 0 Å². The topological polar surface area (TPSA) is 66.5 Å². The SMILES string of the molecule is O=C(CCc1ccccc1)NC1CCCN(C[S-](=O)=O)C1.[CH3-].[Y]. The molecule has 0 aliphatic carbocycles. The van der Waals surface area contributed by atoms with Gasteiger partial charge < -0.3 is 26.1 Å². The first-order valence-corrected chi connectivity index (χ1v) is 8.49. The molecule has 0 saturated carbocycles. The first kappa shape index (κ1) is 22.7. The molecule has 127 valence electrons. The zero-order valence-corrected chi connectivity index (χ0v) is 17.2. The molecule has 1 unspecified atom stereocenters. The predicted octanol–water partition coefficient (Wildman–Crippen LogP) is 1.91. The van der Waals surface area contributed by atoms with Crippen molar-refractivity contribution in [1.29, 1.82) is 0 Å². The number of hydrogen-bond acceptors (Lipinski definition) is 5. The fourth-order valence-corrected chi connectivity index (χ4v) is 3.17. The van der Waals surface area contributed by atoms with Crippen LogP contribution in [0.15, 0.2) is 30.3 Å². The molecule has 1 N–H and O–H groups in total. The fraction of sp³-hybridized carbons (Fsp3) is 0.500. The van der Waals surface area contributed by atoms with Gasteiger partial charge in [-0.3, -0.25) is 4.79 Å². The number of benzene rings is 1. The Morgan fingerprint density at radius 2 is 1.96 bits per heavy atom. The first-order chi connectivity index (χ1) is 10.1. The molecule has 1 saturated heterocycles. The summed E-state index contributed by atoms with van der Waals surface area (Å²) in [4.78, 5) is 13.8. The van der Waals surface area contributed by atoms with Gasteiger partial charge in [0, 0.05) is 51.7 Å². The quantitative estimate of drug-likeness (QED) is 0.572. The van der Waals surface area contributed by atoms with E-state index in [2.05, 4.69) is 5.32 Å². The number of carbonyl (C=O) groups excluding carboxylic acids is 1. The summed E-state index contributed by atoms with van der Waals surface area (Å²) in [5, 5.41) is 3.01. The maximum Gasteiger partial charge on any atom is 0.220 e. The summed E-state index contributed by atoms with van der Waals surface area (Å²) in [6.45, 7) is 1.40. The van der Waals surface area contributed by atoms with E-state index in [4.69, 9.17) is 0 Å². The first-order valence-electron chi connectivity index (χ1n) is 7.25. The van der Waals surface area contributed by atoms with Crippen molar-refractivity contribution in [2.24, 2.45) is 0 Å². The molecular weight excluding hydrogens is 389 g/mol. The summed E-state index contributed by atoms with van der Waals surface area (Å²) < 4.78 is 21.5. The second-order valence-corrected chi connectivity index (χ2v) is 6.27. The fourth-order valence-electron chi connectivity index (χ4n) is 2.64. The van der Waals surface area contributed by atoms with E-state index in [0.29, 0.717) is 13.0 Å². The number of nitrogens with zero attached hydrogens (tertiary/aromatic N) is 1. The monoisotopic (exact) mass is 413 g/mol. The Morgan fingerprint density at radius 3 is 2.61 bits per heavy atom. The molecule has 5 nitrogen and oxygen atoms in total. The van der Waals surface area contributed by atoms with Crippen LogP contribution in [0, 0.1) is 7.43 Å². The van der Waals surface area contributed by atoms with Gasteiger partial charge in [0.15, 0.2) is 0 Å². The third kappa shape index (κ3) is 8.94. The molecule has 1 aromatic rings. The summed E-state index contributed by atoms with van der Waals surface area (Å²) in [5.74, 6) is 0.0880. The van der Waals surface area contributed by atoms with Gasteiger partial charge in [-0.1, -0.05) is 41.0 Å². The van der Waals surface area contributed by atoms with E-state index < -0.39 is 10.7 Å². The Morgan fingerprint density at radius 1 is 1.26 bits per heavy atom. The van der Waals surface area contributed by atoms with Gasteiger partial charge in [-0.15, -0.1) is 0 Å². The van der Waals surface area contributed by atoms with Crippen LogP contribution >= 0.6 is 0 Å². The molecule has 1 amide bonds. The molecule has 1 aliphatic heterocycles. The van der Waals surface area contributed by atoms with Crippen LogP contribution in [-0.4, -0.2) is 35.8 Å². The summed E-state index contributed by atoms with van der Waals surface area (Å²) in [5.41, 5.74) is 1.15. The Balaban J connectivity index is 0.00000242. The molecule has 1 aliphatic rings. The van der Waals surface area contributed by atoms with Crippen molar-refractivity contribution in [3.8, 4) is 0 Å². The largest absolute Gasteiger partial charge is 0.423 e. The van der Waals surface area contributed by atoms with Crippen molar-refractivity contribution in [1.82, 2.24) is 10.2 Å². The van der Waals surface area contributed by atoms with Crippen LogP contribution in [0.4, 0.5) is 0 Å². The Kier molecular flexibility index (Phi) is 12.0. The van der Waals surface area contributed by atoms with Crippen LogP contribution in [0.25, 0.3) is 0 Å². The third-order valence-electron chi connectivity index (χ3n) is 3.64. The zero-order chi connectivity index (χ0) is 15.1. The maximum absolute atomic E-state index is 12.0. The van der Waals surface area contributed by atoms with E-state index in [1.807, 2.05) is 35.2 Å². The molecule has 0 spiro atoms. The van der Waals surface area contributed by atoms with Crippen LogP contribution < -0.4 is 5.32 Å². The van der Waals surface area contributed by atoms with Crippen molar-refractivity contribution in [3.63, 3.8) is 0 Å². The van der Waals surface area contributed by atoms with Gasteiger partial charge in [0.05, 0.1) is 0 Å². The summed E-state index contributed by atoms with van der Waals surface area (Å²) in [6, 6.07) is 9.98. The Hall–Kier alpha value is -0.296. The van der Waals surface area contributed by atoms with E-state index in [-0.39, 0.29) is 58.0 Å². The summed E-state index contributed by atoms with van der Waals surface area (Å²) in [7, 11) is -2.06. The van der Waals surface area contributed by atoms with Crippen LogP contribution in [0.2, 0.25) is 0 Å². The van der Waals surface area contributed by atoms with Crippen LogP contribution in [0.1, 0.15) is 24.8 Å². The van der Waals surface area contributed by atoms with Gasteiger partial charge in [0.2, 0.25) is 5.91 Å². The van der Waals surface area contributed by atoms with Crippen molar-refractivity contribution < 1.29 is 45.9 Å². The number of aryl methyl sites for hydroxylation is 1. The van der Waals surface area contributed by atoms with Gasteiger partial charge >= 0.3 is 0 Å². The molecule has 1 atom stereocenters. The minimum Gasteiger partial charge on any atom is -0.423 e. The van der Waals surface area contributed by atoms with Crippen molar-refractivity contribution in [3.05, 3.63) is 43.3 Å². The van der Waals surface area contributed by atoms with Gasteiger partial charge in [0.1, 0.15) is 0 Å². The van der Waals surface area contributed by atoms with E-state index in [1.54, 1.807) is 0 Å². The van der Waals surface area contributed by atoms with Gasteiger partial charge in [-0.2, -0.15) is 0 Å². The second-order valence-electron chi connectivity index (χ2n) is 5.40. The molecule has 7 heteroatoms. The van der Waals surface area contributed by atoms with Gasteiger partial charge in [0.25, 0.3) is 0 Å². The number of hydrogen-bond donors (Lipinski definition) is 1. The Bertz CT molecular complexity index is 529. The number of piperidine rings is 1. The standard InChI is InChI=1S/C15H21N2O3S.CH3.Y/c18-15(9-8-13-5-2-1-3-6-13)16-14-7-4-10-17(11-14)12-21(19)20;;/h1-3,5-6,14H,4,7-12H2,(H,16,18);1H3;/q2*-1;. The third-order valence-corrected chi connectivity index (χ3v) is 4.22. The van der Waals surface area contributed by atoms with Crippen molar-refractivity contribution >= 4 is 16.6 Å². The minimum atomic E-state index is -2.06. The number of amides is 1. The normalized spacial score (nSPS) is 17.9. The van der Waals surface area contributed by atoms with Crippen LogP contribution in [0.5, 0.6) is 0 Å². The number of nitrogens with one attached hydrogen (secondary N) is 1. The van der Waals surface area contributed by atoms with Crippen molar-refractivity contribution in [2.45, 2.75) is 31.7 Å². The molecule has 1 radical (unpaired) electrons. The molecular formula is C16H24N2O3SY-2. The molecule has 0 aromatic heterocycles. The van der Waals surface area contributed by atoms with Gasteiger partial charge in [-0.05, 0) is 37.2 Å². The predicted molar refractivity (Wildman–Crippen MR) is 87.5 cm³/mol. The summed E-state index contributed by atoms with van der Waals surface area (Å²) >= 11 is 0. The molecule has 1 fully saturated rings. The molecule has 1 aromatic carbocycles. The van der Waals surface area contributed by atoms with Gasteiger partial charge in [-0.25, -0.2) is 0 Å². The second kappa shape index (κ2) is 12.1. The average molecular weight is 413 g/mol. The van der Waals surface area contributed by atoms with E-state index >= 15 is 0 Å². The molecule has 0 bridgehead atoms. The van der Waals surface area contributed by atoms with Crippen molar-refractivity contribution in [2.75, 3.05) is 19.0 Å². The zero-order valence-electron chi connectivity index (χ0n) is 13.6. The van der Waals surface area contributed by atoms with Crippen LogP contribution in [0.3, 0.4) is 0 Å². The van der Waals surface area contributed by atoms with Crippen LogP contribution in [-0.2, 0) is 63.0 Å². The minimum absolute atomic E-state index is 0. The molecule has 1 heterocycles. The number of carbonyl (C=O) groups is 1. The van der Waals surface area contributed by atoms with E-state index in [9.17, 15) is 13.2 Å². The maximum atomic E-state index is 12.0. The number of likely N-dealkylation sites (tertiary alicyclic amines) is 1. The molecule has 23 heavy (non-hydrogen) atoms.